The molecule has 66 valence electrons. The third-order valence-electron chi connectivity index (χ3n) is 2.23. The van der Waals surface area contributed by atoms with Crippen molar-refractivity contribution in [1.29, 1.82) is 0 Å². The van der Waals surface area contributed by atoms with Crippen molar-refractivity contribution in [3.8, 4) is 0 Å². The van der Waals surface area contributed by atoms with Gasteiger partial charge in [-0.05, 0) is 17.0 Å². The molecule has 12 heavy (non-hydrogen) atoms. The van der Waals surface area contributed by atoms with Crippen molar-refractivity contribution in [3.63, 3.8) is 0 Å². The molecule has 1 aromatic rings. The molecule has 1 aromatic carbocycles. The zero-order valence-corrected chi connectivity index (χ0v) is 10.5. The first kappa shape index (κ1) is 9.52. The fraction of sp³-hybridized carbons (Fsp3) is 0.455. The first-order valence-corrected chi connectivity index (χ1v) is 6.05. The van der Waals surface area contributed by atoms with Crippen molar-refractivity contribution in [2.45, 2.75) is 32.2 Å². The molecule has 0 spiro atoms. The van der Waals surface area contributed by atoms with Gasteiger partial charge in [0, 0.05) is 10.2 Å². The largest absolute Gasteiger partial charge is 0.0591 e. The maximum absolute atomic E-state index is 2.26. The Hall–Kier alpha value is -0.563. The van der Waals surface area contributed by atoms with E-state index >= 15 is 0 Å². The summed E-state index contributed by atoms with van der Waals surface area (Å²) in [7, 11) is 1.26. The molecule has 0 aliphatic rings. The Morgan fingerprint density at radius 1 is 1.08 bits per heavy atom. The topological polar surface area (TPSA) is 0 Å². The van der Waals surface area contributed by atoms with E-state index in [1.54, 1.807) is 0 Å². The minimum absolute atomic E-state index is 0.295. The predicted octanol–water partition coefficient (Wildman–Crippen LogP) is 1.85. The molecule has 0 aliphatic heterocycles. The summed E-state index contributed by atoms with van der Waals surface area (Å²) in [6, 6.07) is 10.3. The summed E-state index contributed by atoms with van der Waals surface area (Å²) in [5.74, 6) is 0. The van der Waals surface area contributed by atoms with Crippen LogP contribution in [-0.2, 0) is 11.5 Å². The molecular formula is C11H18Si. The molecule has 0 bridgehead atoms. The van der Waals surface area contributed by atoms with E-state index in [0.29, 0.717) is 5.41 Å². The smallest absolute Gasteiger partial charge is 0.00833 e. The molecule has 0 saturated carbocycles. The average Bonchev–Trinajstić information content (AvgIpc) is 2.03. The lowest BCUT2D eigenvalue weighted by atomic mass is 9.87. The summed E-state index contributed by atoms with van der Waals surface area (Å²) in [5.41, 5.74) is 3.21. The van der Waals surface area contributed by atoms with Crippen molar-refractivity contribution >= 4 is 10.2 Å². The molecule has 0 heterocycles. The Morgan fingerprint density at radius 2 is 1.58 bits per heavy atom. The van der Waals surface area contributed by atoms with E-state index < -0.39 is 0 Å². The summed E-state index contributed by atoms with van der Waals surface area (Å²) in [4.78, 5) is 0. The first-order valence-electron chi connectivity index (χ1n) is 4.63. The highest BCUT2D eigenvalue weighted by molar-refractivity contribution is 6.08. The normalized spacial score (nSPS) is 11.9. The highest BCUT2D eigenvalue weighted by Gasteiger charge is 2.12. The highest BCUT2D eigenvalue weighted by atomic mass is 28.1. The number of hydrogen-bond donors (Lipinski definition) is 0. The summed E-state index contributed by atoms with van der Waals surface area (Å²) >= 11 is 0. The average molecular weight is 178 g/mol. The van der Waals surface area contributed by atoms with E-state index in [2.05, 4.69) is 45.0 Å². The van der Waals surface area contributed by atoms with Gasteiger partial charge in [0.25, 0.3) is 0 Å². The van der Waals surface area contributed by atoms with Gasteiger partial charge < -0.3 is 0 Å². The Balaban J connectivity index is 2.93. The Labute approximate surface area is 78.4 Å². The first-order chi connectivity index (χ1) is 5.54. The second-order valence-corrected chi connectivity index (χ2v) is 5.01. The molecule has 0 unspecified atom stereocenters. The van der Waals surface area contributed by atoms with Crippen LogP contribution in [0.3, 0.4) is 0 Å². The van der Waals surface area contributed by atoms with Crippen LogP contribution in [0.25, 0.3) is 0 Å². The molecule has 0 fully saturated rings. The van der Waals surface area contributed by atoms with Gasteiger partial charge in [-0.2, -0.15) is 0 Å². The van der Waals surface area contributed by atoms with Crippen LogP contribution in [0.15, 0.2) is 24.3 Å². The Bertz CT molecular complexity index is 241. The molecule has 1 rings (SSSR count). The molecule has 0 nitrogen and oxygen atoms in total. The lowest BCUT2D eigenvalue weighted by Crippen LogP contribution is -2.10. The maximum atomic E-state index is 2.26. The second kappa shape index (κ2) is 3.44. The van der Waals surface area contributed by atoms with Gasteiger partial charge in [-0.25, -0.2) is 0 Å². The quantitative estimate of drug-likeness (QED) is 0.576. The van der Waals surface area contributed by atoms with Gasteiger partial charge in [0.05, 0.1) is 0 Å². The molecule has 0 aliphatic carbocycles. The van der Waals surface area contributed by atoms with E-state index in [1.165, 1.54) is 27.4 Å². The number of benzene rings is 1. The Kier molecular flexibility index (Phi) is 2.73. The lowest BCUT2D eigenvalue weighted by molar-refractivity contribution is 0.590. The number of rotatable bonds is 1. The van der Waals surface area contributed by atoms with Gasteiger partial charge >= 0.3 is 0 Å². The third-order valence-corrected chi connectivity index (χ3v) is 3.04. The van der Waals surface area contributed by atoms with Gasteiger partial charge in [-0.1, -0.05) is 50.6 Å². The van der Waals surface area contributed by atoms with E-state index in [9.17, 15) is 0 Å². The van der Waals surface area contributed by atoms with Crippen molar-refractivity contribution in [2.24, 2.45) is 0 Å². The van der Waals surface area contributed by atoms with Crippen LogP contribution in [0.4, 0.5) is 0 Å². The minimum atomic E-state index is 0.295. The molecule has 0 atom stereocenters. The predicted molar refractivity (Wildman–Crippen MR) is 58.8 cm³/mol. The van der Waals surface area contributed by atoms with Gasteiger partial charge in [0.1, 0.15) is 0 Å². The summed E-state index contributed by atoms with van der Waals surface area (Å²) < 4.78 is 0. The third kappa shape index (κ3) is 2.21. The zero-order chi connectivity index (χ0) is 9.19. The molecule has 0 N–H and O–H groups in total. The van der Waals surface area contributed by atoms with Crippen LogP contribution in [0.5, 0.6) is 0 Å². The van der Waals surface area contributed by atoms with Gasteiger partial charge in [0.2, 0.25) is 0 Å². The fourth-order valence-corrected chi connectivity index (χ4v) is 1.71. The van der Waals surface area contributed by atoms with Crippen LogP contribution >= 0.6 is 0 Å². The molecular weight excluding hydrogens is 160 g/mol. The van der Waals surface area contributed by atoms with Crippen molar-refractivity contribution < 1.29 is 0 Å². The van der Waals surface area contributed by atoms with E-state index in [4.69, 9.17) is 0 Å². The van der Waals surface area contributed by atoms with Crippen molar-refractivity contribution in [3.05, 3.63) is 35.4 Å². The summed E-state index contributed by atoms with van der Waals surface area (Å²) in [6.07, 6.45) is 0. The van der Waals surface area contributed by atoms with Gasteiger partial charge in [-0.3, -0.25) is 0 Å². The van der Waals surface area contributed by atoms with E-state index in [1.807, 2.05) is 0 Å². The number of hydrogen-bond acceptors (Lipinski definition) is 0. The lowest BCUT2D eigenvalue weighted by Gasteiger charge is -2.18. The Morgan fingerprint density at radius 3 is 1.92 bits per heavy atom. The van der Waals surface area contributed by atoms with E-state index in [-0.39, 0.29) is 0 Å². The molecule has 0 aromatic heterocycles. The van der Waals surface area contributed by atoms with Gasteiger partial charge in [-0.15, -0.1) is 0 Å². The summed E-state index contributed by atoms with van der Waals surface area (Å²) in [5, 5.41) is 0. The monoisotopic (exact) mass is 178 g/mol. The fourth-order valence-electron chi connectivity index (χ4n) is 1.24. The van der Waals surface area contributed by atoms with Gasteiger partial charge in [0.15, 0.2) is 0 Å². The SMILES string of the molecule is CC(C)(C)c1ccc(C[SiH3])cc1. The van der Waals surface area contributed by atoms with Crippen LogP contribution in [0.2, 0.25) is 0 Å². The zero-order valence-electron chi connectivity index (χ0n) is 8.52. The standard InChI is InChI=1S/C11H18Si/c1-11(2,3)10-6-4-9(8-12)5-7-10/h4-7H,8H2,1-3,12H3. The molecule has 0 saturated heterocycles. The van der Waals surface area contributed by atoms with E-state index in [0.717, 1.165) is 0 Å². The summed E-state index contributed by atoms with van der Waals surface area (Å²) in [6.45, 7) is 6.76. The van der Waals surface area contributed by atoms with Crippen molar-refractivity contribution in [2.75, 3.05) is 0 Å². The molecule has 0 amide bonds. The van der Waals surface area contributed by atoms with Crippen LogP contribution in [-0.4, -0.2) is 10.2 Å². The van der Waals surface area contributed by atoms with Crippen molar-refractivity contribution in [1.82, 2.24) is 0 Å². The highest BCUT2D eigenvalue weighted by Crippen LogP contribution is 2.21. The van der Waals surface area contributed by atoms with Crippen LogP contribution < -0.4 is 0 Å². The maximum Gasteiger partial charge on any atom is 0.00833 e. The minimum Gasteiger partial charge on any atom is -0.0591 e. The van der Waals surface area contributed by atoms with Crippen LogP contribution in [0.1, 0.15) is 31.9 Å². The molecule has 1 heteroatoms. The van der Waals surface area contributed by atoms with Crippen LogP contribution in [0, 0.1) is 0 Å². The molecule has 0 radical (unpaired) electrons. The second-order valence-electron chi connectivity index (χ2n) is 4.30.